The zero-order valence-corrected chi connectivity index (χ0v) is 13.9. The summed E-state index contributed by atoms with van der Waals surface area (Å²) in [7, 11) is 0. The molecule has 124 valence electrons. The molecule has 0 radical (unpaired) electrons. The summed E-state index contributed by atoms with van der Waals surface area (Å²) in [5.41, 5.74) is 2.42. The lowest BCUT2D eigenvalue weighted by Gasteiger charge is -2.18. The lowest BCUT2D eigenvalue weighted by molar-refractivity contribution is 0.0786. The van der Waals surface area contributed by atoms with Crippen molar-refractivity contribution in [2.24, 2.45) is 0 Å². The number of amides is 1. The molecule has 0 unspecified atom stereocenters. The van der Waals surface area contributed by atoms with Gasteiger partial charge in [0.15, 0.2) is 0 Å². The first kappa shape index (κ1) is 15.5. The summed E-state index contributed by atoms with van der Waals surface area (Å²) in [4.78, 5) is 14.3. The number of likely N-dealkylation sites (tertiary alicyclic amines) is 1. The largest absolute Gasteiger partial charge is 0.493 e. The summed E-state index contributed by atoms with van der Waals surface area (Å²) in [6, 6.07) is 10.6. The third-order valence-electron chi connectivity index (χ3n) is 4.84. The summed E-state index contributed by atoms with van der Waals surface area (Å²) in [6.07, 6.45) is 1.81. The van der Waals surface area contributed by atoms with E-state index in [9.17, 15) is 9.18 Å². The minimum Gasteiger partial charge on any atom is -0.493 e. The van der Waals surface area contributed by atoms with Crippen LogP contribution in [0.25, 0.3) is 0 Å². The number of carbonyl (C=O) groups is 1. The third-order valence-corrected chi connectivity index (χ3v) is 5.15. The van der Waals surface area contributed by atoms with Gasteiger partial charge in [0.25, 0.3) is 5.91 Å². The number of carbonyl (C=O) groups excluding carboxylic acids is 1. The van der Waals surface area contributed by atoms with Crippen molar-refractivity contribution in [3.05, 3.63) is 63.9 Å². The van der Waals surface area contributed by atoms with Gasteiger partial charge in [-0.3, -0.25) is 4.79 Å². The summed E-state index contributed by atoms with van der Waals surface area (Å²) >= 11 is 6.02. The van der Waals surface area contributed by atoms with Crippen LogP contribution < -0.4 is 4.74 Å². The molecule has 2 aromatic rings. The van der Waals surface area contributed by atoms with Gasteiger partial charge < -0.3 is 9.64 Å². The summed E-state index contributed by atoms with van der Waals surface area (Å²) in [5, 5.41) is 0.165. The van der Waals surface area contributed by atoms with Gasteiger partial charge in [0, 0.05) is 25.4 Å². The fourth-order valence-electron chi connectivity index (χ4n) is 3.54. The van der Waals surface area contributed by atoms with Gasteiger partial charge in [0.2, 0.25) is 0 Å². The fraction of sp³-hybridized carbons (Fsp3) is 0.316. The van der Waals surface area contributed by atoms with Crippen molar-refractivity contribution in [3.63, 3.8) is 0 Å². The Balaban J connectivity index is 1.53. The molecule has 4 rings (SSSR count). The van der Waals surface area contributed by atoms with Crippen molar-refractivity contribution in [1.82, 2.24) is 4.90 Å². The molecule has 5 heteroatoms. The molecule has 0 aromatic heterocycles. The van der Waals surface area contributed by atoms with Crippen molar-refractivity contribution >= 4 is 17.5 Å². The Morgan fingerprint density at radius 3 is 3.00 bits per heavy atom. The monoisotopic (exact) mass is 345 g/mol. The lowest BCUT2D eigenvalue weighted by Crippen LogP contribution is -2.29. The molecule has 0 aliphatic carbocycles. The topological polar surface area (TPSA) is 29.5 Å². The second-order valence-electron chi connectivity index (χ2n) is 6.30. The molecule has 1 atom stereocenters. The summed E-state index contributed by atoms with van der Waals surface area (Å²) in [6.45, 7) is 1.94. The smallest absolute Gasteiger partial charge is 0.258 e. The van der Waals surface area contributed by atoms with E-state index in [0.29, 0.717) is 13.1 Å². The SMILES string of the molecule is O=C(c1c(F)cccc1Cl)N1CC[C@@H](c2ccc3c(c2)CCO3)C1. The highest BCUT2D eigenvalue weighted by Crippen LogP contribution is 2.34. The van der Waals surface area contributed by atoms with Gasteiger partial charge in [-0.2, -0.15) is 0 Å². The van der Waals surface area contributed by atoms with Crippen molar-refractivity contribution in [3.8, 4) is 5.75 Å². The van der Waals surface area contributed by atoms with Gasteiger partial charge >= 0.3 is 0 Å². The van der Waals surface area contributed by atoms with Gasteiger partial charge in [-0.05, 0) is 35.7 Å². The van der Waals surface area contributed by atoms with Crippen molar-refractivity contribution in [1.29, 1.82) is 0 Å². The predicted molar refractivity (Wildman–Crippen MR) is 90.3 cm³/mol. The van der Waals surface area contributed by atoms with Gasteiger partial charge in [0.05, 0.1) is 17.2 Å². The predicted octanol–water partition coefficient (Wildman–Crippen LogP) is 4.04. The number of nitrogens with zero attached hydrogens (tertiary/aromatic N) is 1. The standard InChI is InChI=1S/C19H17ClFNO2/c20-15-2-1-3-16(21)18(15)19(23)22-8-6-14(11-22)12-4-5-17-13(10-12)7-9-24-17/h1-5,10,14H,6-9,11H2/t14-/m1/s1. The first-order chi connectivity index (χ1) is 11.6. The average molecular weight is 346 g/mol. The maximum Gasteiger partial charge on any atom is 0.258 e. The number of hydrogen-bond donors (Lipinski definition) is 0. The van der Waals surface area contributed by atoms with Crippen LogP contribution in [0.4, 0.5) is 4.39 Å². The Bertz CT molecular complexity index is 788. The van der Waals surface area contributed by atoms with Crippen LogP contribution in [-0.4, -0.2) is 30.5 Å². The maximum atomic E-state index is 14.0. The van der Waals surface area contributed by atoms with Crippen molar-refractivity contribution in [2.45, 2.75) is 18.8 Å². The van der Waals surface area contributed by atoms with Crippen LogP contribution in [0.5, 0.6) is 5.75 Å². The molecule has 0 N–H and O–H groups in total. The molecule has 0 bridgehead atoms. The van der Waals surface area contributed by atoms with Crippen molar-refractivity contribution < 1.29 is 13.9 Å². The molecule has 2 aliphatic heterocycles. The number of hydrogen-bond acceptors (Lipinski definition) is 2. The van der Waals surface area contributed by atoms with E-state index in [-0.39, 0.29) is 22.4 Å². The highest BCUT2D eigenvalue weighted by atomic mass is 35.5. The van der Waals surface area contributed by atoms with Gasteiger partial charge in [-0.15, -0.1) is 0 Å². The number of benzene rings is 2. The van der Waals surface area contributed by atoms with Crippen LogP contribution in [-0.2, 0) is 6.42 Å². The zero-order valence-electron chi connectivity index (χ0n) is 13.1. The van der Waals surface area contributed by atoms with E-state index < -0.39 is 5.82 Å². The Morgan fingerprint density at radius 2 is 2.17 bits per heavy atom. The first-order valence-electron chi connectivity index (χ1n) is 8.12. The molecule has 24 heavy (non-hydrogen) atoms. The van der Waals surface area contributed by atoms with Crippen LogP contribution in [0, 0.1) is 5.82 Å². The molecule has 1 fully saturated rings. The van der Waals surface area contributed by atoms with E-state index in [1.807, 2.05) is 6.07 Å². The Morgan fingerprint density at radius 1 is 1.29 bits per heavy atom. The van der Waals surface area contributed by atoms with Crippen LogP contribution in [0.2, 0.25) is 5.02 Å². The van der Waals surface area contributed by atoms with Gasteiger partial charge in [-0.25, -0.2) is 4.39 Å². The second kappa shape index (κ2) is 6.10. The van der Waals surface area contributed by atoms with E-state index in [4.69, 9.17) is 16.3 Å². The molecular formula is C19H17ClFNO2. The molecule has 1 saturated heterocycles. The normalized spacial score (nSPS) is 19.2. The van der Waals surface area contributed by atoms with Gasteiger partial charge in [-0.1, -0.05) is 29.8 Å². The van der Waals surface area contributed by atoms with Gasteiger partial charge in [0.1, 0.15) is 11.6 Å². The maximum absolute atomic E-state index is 14.0. The van der Waals surface area contributed by atoms with Crippen LogP contribution in [0.1, 0.15) is 33.8 Å². The molecule has 2 heterocycles. The quantitative estimate of drug-likeness (QED) is 0.822. The van der Waals surface area contributed by atoms with E-state index in [1.165, 1.54) is 23.3 Å². The highest BCUT2D eigenvalue weighted by molar-refractivity contribution is 6.33. The lowest BCUT2D eigenvalue weighted by atomic mass is 9.96. The average Bonchev–Trinajstić information content (AvgIpc) is 3.23. The molecular weight excluding hydrogens is 329 g/mol. The first-order valence-corrected chi connectivity index (χ1v) is 8.50. The Hall–Kier alpha value is -2.07. The third kappa shape index (κ3) is 2.65. The van der Waals surface area contributed by atoms with Crippen LogP contribution >= 0.6 is 11.6 Å². The summed E-state index contributed by atoms with van der Waals surface area (Å²) < 4.78 is 19.5. The molecule has 0 spiro atoms. The van der Waals surface area contributed by atoms with Crippen LogP contribution in [0.3, 0.4) is 0 Å². The van der Waals surface area contributed by atoms with E-state index >= 15 is 0 Å². The van der Waals surface area contributed by atoms with E-state index in [0.717, 1.165) is 25.2 Å². The minimum absolute atomic E-state index is 0.0258. The molecule has 0 saturated carbocycles. The second-order valence-corrected chi connectivity index (χ2v) is 6.71. The Labute approximate surface area is 145 Å². The molecule has 2 aromatic carbocycles. The molecule has 1 amide bonds. The number of rotatable bonds is 2. The zero-order chi connectivity index (χ0) is 16.7. The van der Waals surface area contributed by atoms with Crippen LogP contribution in [0.15, 0.2) is 36.4 Å². The fourth-order valence-corrected chi connectivity index (χ4v) is 3.78. The number of halogens is 2. The Kier molecular flexibility index (Phi) is 3.93. The molecule has 2 aliphatic rings. The number of fused-ring (bicyclic) bond motifs is 1. The highest BCUT2D eigenvalue weighted by Gasteiger charge is 2.31. The van der Waals surface area contributed by atoms with E-state index in [1.54, 1.807) is 11.0 Å². The van der Waals surface area contributed by atoms with Crippen molar-refractivity contribution in [2.75, 3.05) is 19.7 Å². The molecule has 3 nitrogen and oxygen atoms in total. The summed E-state index contributed by atoms with van der Waals surface area (Å²) in [5.74, 6) is 0.337. The minimum atomic E-state index is -0.564. The van der Waals surface area contributed by atoms with E-state index in [2.05, 4.69) is 12.1 Å². The number of ether oxygens (including phenoxy) is 1.